The summed E-state index contributed by atoms with van der Waals surface area (Å²) >= 11 is 0. The van der Waals surface area contributed by atoms with Crippen molar-refractivity contribution >= 4 is 11.6 Å². The first-order valence-electron chi connectivity index (χ1n) is 8.19. The summed E-state index contributed by atoms with van der Waals surface area (Å²) < 4.78 is 7.46. The molecule has 4 rings (SSSR count). The number of hydrogen-bond acceptors (Lipinski definition) is 6. The third-order valence-electron chi connectivity index (χ3n) is 5.51. The van der Waals surface area contributed by atoms with Crippen molar-refractivity contribution in [1.29, 1.82) is 0 Å². The van der Waals surface area contributed by atoms with Crippen LogP contribution in [0.2, 0.25) is 0 Å². The number of phenolic OH excluding ortho intramolecular Hbond substituents is 2. The van der Waals surface area contributed by atoms with Crippen LogP contribution >= 0.6 is 0 Å². The molecule has 0 unspecified atom stereocenters. The monoisotopic (exact) mass is 354 g/mol. The van der Waals surface area contributed by atoms with Crippen molar-refractivity contribution in [3.63, 3.8) is 0 Å². The number of phenols is 2. The third-order valence-corrected chi connectivity index (χ3v) is 5.51. The zero-order valence-corrected chi connectivity index (χ0v) is 15.1. The van der Waals surface area contributed by atoms with Crippen LogP contribution < -0.4 is 4.74 Å². The highest BCUT2D eigenvalue weighted by Gasteiger charge is 2.54. The van der Waals surface area contributed by atoms with Gasteiger partial charge >= 0.3 is 0 Å². The molecule has 2 heterocycles. The van der Waals surface area contributed by atoms with E-state index in [9.17, 15) is 19.8 Å². The van der Waals surface area contributed by atoms with Gasteiger partial charge in [0, 0.05) is 24.4 Å². The molecule has 2 N–H and O–H groups in total. The lowest BCUT2D eigenvalue weighted by atomic mass is 9.72. The van der Waals surface area contributed by atoms with E-state index in [1.54, 1.807) is 25.6 Å². The molecule has 2 aliphatic rings. The average Bonchev–Trinajstić information content (AvgIpc) is 3.02. The first-order valence-corrected chi connectivity index (χ1v) is 8.19. The van der Waals surface area contributed by atoms with Gasteiger partial charge in [0.15, 0.2) is 11.6 Å². The molecule has 0 fully saturated rings. The molecule has 1 atom stereocenters. The van der Waals surface area contributed by atoms with Crippen LogP contribution in [0.25, 0.3) is 0 Å². The van der Waals surface area contributed by atoms with Gasteiger partial charge in [-0.2, -0.15) is 5.10 Å². The van der Waals surface area contributed by atoms with Gasteiger partial charge in [-0.05, 0) is 27.7 Å². The Morgan fingerprint density at radius 3 is 2.54 bits per heavy atom. The highest BCUT2D eigenvalue weighted by atomic mass is 16.5. The van der Waals surface area contributed by atoms with Crippen LogP contribution in [0.1, 0.15) is 57.1 Å². The van der Waals surface area contributed by atoms with Gasteiger partial charge < -0.3 is 14.9 Å². The van der Waals surface area contributed by atoms with E-state index in [-0.39, 0.29) is 39.9 Å². The lowest BCUT2D eigenvalue weighted by molar-refractivity contribution is 0.101. The van der Waals surface area contributed by atoms with Crippen molar-refractivity contribution in [2.45, 2.75) is 33.1 Å². The summed E-state index contributed by atoms with van der Waals surface area (Å²) in [7, 11) is 1.74. The lowest BCUT2D eigenvalue weighted by Gasteiger charge is -2.27. The van der Waals surface area contributed by atoms with Crippen LogP contribution in [0.15, 0.2) is 11.8 Å². The number of aromatic nitrogens is 2. The molecule has 1 aromatic heterocycles. The van der Waals surface area contributed by atoms with E-state index in [2.05, 4.69) is 5.10 Å². The van der Waals surface area contributed by atoms with Gasteiger partial charge in [0.2, 0.25) is 0 Å². The molecule has 134 valence electrons. The second kappa shape index (κ2) is 4.75. The smallest absolute Gasteiger partial charge is 0.193 e. The molecule has 0 radical (unpaired) electrons. The molecule has 1 aromatic carbocycles. The summed E-state index contributed by atoms with van der Waals surface area (Å²) in [6.45, 7) is 6.43. The normalized spacial score (nSPS) is 20.2. The number of hydrogen-bond donors (Lipinski definition) is 2. The molecular formula is C19H18N2O5. The average molecular weight is 354 g/mol. The number of aromatic hydroxyl groups is 2. The second-order valence-electron chi connectivity index (χ2n) is 6.99. The SMILES string of the molecule is CC(=O)c1c(O)c(C)c(O)c2c1OC1=CC(=O)c3c(nn(C)c3C)[C@@]12C. The maximum absolute atomic E-state index is 12.6. The predicted molar refractivity (Wildman–Crippen MR) is 92.0 cm³/mol. The zero-order chi connectivity index (χ0) is 19.1. The van der Waals surface area contributed by atoms with E-state index in [1.165, 1.54) is 19.9 Å². The highest BCUT2D eigenvalue weighted by molar-refractivity contribution is 6.10. The second-order valence-corrected chi connectivity index (χ2v) is 6.99. The number of ketones is 2. The summed E-state index contributed by atoms with van der Waals surface area (Å²) in [5.74, 6) is -0.761. The van der Waals surface area contributed by atoms with E-state index < -0.39 is 11.2 Å². The molecule has 0 amide bonds. The molecule has 7 heteroatoms. The van der Waals surface area contributed by atoms with Crippen LogP contribution in [0.4, 0.5) is 0 Å². The number of fused-ring (bicyclic) bond motifs is 5. The Hall–Kier alpha value is -3.09. The summed E-state index contributed by atoms with van der Waals surface area (Å²) in [4.78, 5) is 24.7. The molecule has 1 aliphatic heterocycles. The van der Waals surface area contributed by atoms with Crippen molar-refractivity contribution in [2.75, 3.05) is 0 Å². The van der Waals surface area contributed by atoms with Gasteiger partial charge in [-0.25, -0.2) is 0 Å². The number of aryl methyl sites for hydroxylation is 1. The minimum absolute atomic E-state index is 0.00604. The number of carbonyl (C=O) groups excluding carboxylic acids is 2. The van der Waals surface area contributed by atoms with Crippen molar-refractivity contribution < 1.29 is 24.5 Å². The lowest BCUT2D eigenvalue weighted by Crippen LogP contribution is -2.30. The van der Waals surface area contributed by atoms with Crippen LogP contribution in [0.5, 0.6) is 17.2 Å². The Balaban J connectivity index is 2.17. The predicted octanol–water partition coefficient (Wildman–Crippen LogP) is 2.43. The van der Waals surface area contributed by atoms with Gasteiger partial charge in [-0.1, -0.05) is 0 Å². The van der Waals surface area contributed by atoms with Crippen LogP contribution in [0, 0.1) is 13.8 Å². The van der Waals surface area contributed by atoms with E-state index >= 15 is 0 Å². The molecule has 0 saturated heterocycles. The van der Waals surface area contributed by atoms with Gasteiger partial charge in [0.25, 0.3) is 0 Å². The fourth-order valence-corrected chi connectivity index (χ4v) is 3.91. The fourth-order valence-electron chi connectivity index (χ4n) is 3.91. The zero-order valence-electron chi connectivity index (χ0n) is 15.1. The number of allylic oxidation sites excluding steroid dienone is 2. The largest absolute Gasteiger partial charge is 0.507 e. The maximum Gasteiger partial charge on any atom is 0.193 e. The Morgan fingerprint density at radius 1 is 1.27 bits per heavy atom. The summed E-state index contributed by atoms with van der Waals surface area (Å²) in [5, 5.41) is 25.6. The Kier molecular flexibility index (Phi) is 2.99. The van der Waals surface area contributed by atoms with Crippen molar-refractivity contribution in [3.05, 3.63) is 45.5 Å². The minimum atomic E-state index is -1.03. The number of ether oxygens (including phenoxy) is 1. The number of carbonyl (C=O) groups is 2. The number of rotatable bonds is 1. The number of Topliss-reactive ketones (excluding diaryl/α,β-unsaturated/α-hetero) is 1. The molecule has 26 heavy (non-hydrogen) atoms. The van der Waals surface area contributed by atoms with Gasteiger partial charge in [-0.3, -0.25) is 14.3 Å². The van der Waals surface area contributed by atoms with Gasteiger partial charge in [-0.15, -0.1) is 0 Å². The van der Waals surface area contributed by atoms with Crippen LogP contribution in [0.3, 0.4) is 0 Å². The maximum atomic E-state index is 12.6. The van der Waals surface area contributed by atoms with Gasteiger partial charge in [0.1, 0.15) is 34.0 Å². The highest BCUT2D eigenvalue weighted by Crippen LogP contribution is 2.59. The van der Waals surface area contributed by atoms with Crippen LogP contribution in [-0.2, 0) is 12.5 Å². The van der Waals surface area contributed by atoms with Crippen molar-refractivity contribution in [3.8, 4) is 17.2 Å². The third kappa shape index (κ3) is 1.65. The van der Waals surface area contributed by atoms with E-state index in [1.807, 2.05) is 0 Å². The topological polar surface area (TPSA) is 102 Å². The molecule has 0 saturated carbocycles. The molecule has 0 bridgehead atoms. The van der Waals surface area contributed by atoms with Crippen LogP contribution in [-0.4, -0.2) is 31.6 Å². The van der Waals surface area contributed by atoms with Crippen molar-refractivity contribution in [1.82, 2.24) is 9.78 Å². The quantitative estimate of drug-likeness (QED) is 0.763. The molecular weight excluding hydrogens is 336 g/mol. The standard InChI is InChI=1S/C19H18N2O5/c1-7-15(24)13(9(3)22)17-14(16(7)25)19(4)11(26-17)6-10(23)12-8(2)21(5)20-18(12)19/h6,24-25H,1-5H3/t19-/m0/s1. The first kappa shape index (κ1) is 16.4. The van der Waals surface area contributed by atoms with E-state index in [0.29, 0.717) is 22.5 Å². The molecule has 2 aromatic rings. The number of nitrogens with zero attached hydrogens (tertiary/aromatic N) is 2. The minimum Gasteiger partial charge on any atom is -0.507 e. The summed E-state index contributed by atoms with van der Waals surface area (Å²) in [6.07, 6.45) is 1.37. The Labute approximate surface area is 149 Å². The molecule has 1 aliphatic carbocycles. The van der Waals surface area contributed by atoms with E-state index in [0.717, 1.165) is 0 Å². The summed E-state index contributed by atoms with van der Waals surface area (Å²) in [6, 6.07) is 0. The van der Waals surface area contributed by atoms with E-state index in [4.69, 9.17) is 4.74 Å². The first-order chi connectivity index (χ1) is 12.1. The van der Waals surface area contributed by atoms with Gasteiger partial charge in [0.05, 0.1) is 16.8 Å². The molecule has 0 spiro atoms. The number of benzene rings is 1. The Morgan fingerprint density at radius 2 is 1.92 bits per heavy atom. The molecule has 7 nitrogen and oxygen atoms in total. The Bertz CT molecular complexity index is 1080. The fraction of sp³-hybridized carbons (Fsp3) is 0.316. The summed E-state index contributed by atoms with van der Waals surface area (Å²) in [5.41, 5.74) is 1.13. The van der Waals surface area contributed by atoms with Crippen molar-refractivity contribution in [2.24, 2.45) is 7.05 Å².